The summed E-state index contributed by atoms with van der Waals surface area (Å²) in [5.41, 5.74) is -3.65. The number of hydrogen-bond acceptors (Lipinski definition) is 1. The maximum atomic E-state index is 13.2. The van der Waals surface area contributed by atoms with Gasteiger partial charge < -0.3 is 0 Å². The van der Waals surface area contributed by atoms with Crippen LogP contribution in [0.1, 0.15) is 16.7 Å². The van der Waals surface area contributed by atoms with Gasteiger partial charge in [-0.05, 0) is 28.8 Å². The average molecular weight is 329 g/mol. The van der Waals surface area contributed by atoms with Crippen LogP contribution < -0.4 is 0 Å². The Morgan fingerprint density at radius 2 is 1.35 bits per heavy atom. The fraction of sp³-hybridized carbons (Fsp3) is 0.188. The van der Waals surface area contributed by atoms with Crippen LogP contribution in [0.15, 0.2) is 42.5 Å². The summed E-state index contributed by atoms with van der Waals surface area (Å²) in [6.45, 7) is 0. The lowest BCUT2D eigenvalue weighted by Gasteiger charge is -2.19. The third-order valence-corrected chi connectivity index (χ3v) is 3.23. The molecule has 0 N–H and O–H groups in total. The largest absolute Gasteiger partial charge is 0.417 e. The average Bonchev–Trinajstić information content (AvgIpc) is 2.45. The number of nitriles is 1. The summed E-state index contributed by atoms with van der Waals surface area (Å²) in [5.74, 6) is 0. The molecule has 0 saturated carbocycles. The molecule has 2 rings (SSSR count). The summed E-state index contributed by atoms with van der Waals surface area (Å²) in [6.07, 6.45) is -10.1. The molecule has 120 valence electrons. The quantitative estimate of drug-likeness (QED) is 0.671. The van der Waals surface area contributed by atoms with Crippen LogP contribution in [0.2, 0.25) is 0 Å². The van der Waals surface area contributed by atoms with Gasteiger partial charge in [0.1, 0.15) is 0 Å². The van der Waals surface area contributed by atoms with E-state index in [0.29, 0.717) is 6.07 Å². The van der Waals surface area contributed by atoms with E-state index in [1.54, 1.807) is 6.07 Å². The molecule has 1 nitrogen and oxygen atoms in total. The summed E-state index contributed by atoms with van der Waals surface area (Å²) in [4.78, 5) is 0. The van der Waals surface area contributed by atoms with Crippen LogP contribution in [-0.4, -0.2) is 0 Å². The number of benzene rings is 2. The molecule has 0 radical (unpaired) electrons. The highest BCUT2D eigenvalue weighted by Crippen LogP contribution is 2.44. The van der Waals surface area contributed by atoms with Crippen molar-refractivity contribution in [3.05, 3.63) is 59.2 Å². The van der Waals surface area contributed by atoms with Crippen molar-refractivity contribution >= 4 is 0 Å². The molecule has 0 amide bonds. The molecule has 7 heteroatoms. The molecule has 2 aromatic carbocycles. The molecule has 0 fully saturated rings. The Kier molecular flexibility index (Phi) is 4.37. The zero-order valence-corrected chi connectivity index (χ0v) is 11.5. The zero-order chi connectivity index (χ0) is 17.3. The fourth-order valence-corrected chi connectivity index (χ4v) is 2.34. The molecule has 0 unspecified atom stereocenters. The van der Waals surface area contributed by atoms with E-state index in [4.69, 9.17) is 5.26 Å². The number of rotatable bonds is 2. The maximum Gasteiger partial charge on any atom is 0.417 e. The van der Waals surface area contributed by atoms with Gasteiger partial charge in [0.25, 0.3) is 0 Å². The van der Waals surface area contributed by atoms with Gasteiger partial charge in [-0.2, -0.15) is 31.6 Å². The molecule has 23 heavy (non-hydrogen) atoms. The van der Waals surface area contributed by atoms with E-state index in [1.807, 2.05) is 0 Å². The lowest BCUT2D eigenvalue weighted by Crippen LogP contribution is -2.12. The number of nitrogens with zero attached hydrogens (tertiary/aromatic N) is 1. The Morgan fingerprint density at radius 1 is 0.783 bits per heavy atom. The molecule has 0 aliphatic rings. The first-order valence-corrected chi connectivity index (χ1v) is 6.39. The van der Waals surface area contributed by atoms with Crippen molar-refractivity contribution < 1.29 is 26.3 Å². The third-order valence-electron chi connectivity index (χ3n) is 3.23. The molecular formula is C16H9F6N. The van der Waals surface area contributed by atoms with Crippen LogP contribution in [0.5, 0.6) is 0 Å². The van der Waals surface area contributed by atoms with Crippen LogP contribution in [0, 0.1) is 11.3 Å². The molecule has 0 aromatic heterocycles. The van der Waals surface area contributed by atoms with E-state index in [-0.39, 0.29) is 5.56 Å². The Balaban J connectivity index is 2.85. The molecule has 0 bridgehead atoms. The van der Waals surface area contributed by atoms with E-state index in [1.165, 1.54) is 12.1 Å². The summed E-state index contributed by atoms with van der Waals surface area (Å²) in [5, 5.41) is 8.76. The van der Waals surface area contributed by atoms with Gasteiger partial charge in [0.2, 0.25) is 0 Å². The van der Waals surface area contributed by atoms with Gasteiger partial charge in [-0.1, -0.05) is 30.3 Å². The van der Waals surface area contributed by atoms with E-state index < -0.39 is 41.0 Å². The summed E-state index contributed by atoms with van der Waals surface area (Å²) >= 11 is 0. The Labute approximate surface area is 127 Å². The molecule has 0 aliphatic heterocycles. The minimum atomic E-state index is -4.83. The molecule has 0 saturated heterocycles. The lowest BCUT2D eigenvalue weighted by molar-refractivity contribution is -0.139. The summed E-state index contributed by atoms with van der Waals surface area (Å²) < 4.78 is 79.1. The van der Waals surface area contributed by atoms with Gasteiger partial charge in [0, 0.05) is 0 Å². The normalized spacial score (nSPS) is 12.0. The predicted molar refractivity (Wildman–Crippen MR) is 71.2 cm³/mol. The number of hydrogen-bond donors (Lipinski definition) is 0. The van der Waals surface area contributed by atoms with E-state index in [2.05, 4.69) is 0 Å². The predicted octanol–water partition coefficient (Wildman–Crippen LogP) is 5.46. The van der Waals surface area contributed by atoms with Crippen LogP contribution in [0.3, 0.4) is 0 Å². The van der Waals surface area contributed by atoms with Gasteiger partial charge in [-0.15, -0.1) is 0 Å². The second kappa shape index (κ2) is 5.95. The first-order chi connectivity index (χ1) is 10.7. The molecule has 0 atom stereocenters. The first kappa shape index (κ1) is 16.9. The Morgan fingerprint density at radius 3 is 1.91 bits per heavy atom. The maximum absolute atomic E-state index is 13.2. The van der Waals surface area contributed by atoms with Gasteiger partial charge in [0.05, 0.1) is 23.6 Å². The minimum absolute atomic E-state index is 0.0981. The van der Waals surface area contributed by atoms with Crippen molar-refractivity contribution in [3.8, 4) is 17.2 Å². The molecule has 0 spiro atoms. The number of halogens is 6. The Bertz CT molecular complexity index is 752. The molecule has 0 heterocycles. The second-order valence-corrected chi connectivity index (χ2v) is 4.72. The van der Waals surface area contributed by atoms with E-state index in [0.717, 1.165) is 24.3 Å². The number of alkyl halides is 6. The highest BCUT2D eigenvalue weighted by atomic mass is 19.4. The Hall–Kier alpha value is -2.49. The zero-order valence-electron chi connectivity index (χ0n) is 11.5. The third kappa shape index (κ3) is 3.47. The van der Waals surface area contributed by atoms with Gasteiger partial charge in [0.15, 0.2) is 0 Å². The minimum Gasteiger partial charge on any atom is -0.198 e. The van der Waals surface area contributed by atoms with Crippen LogP contribution in [0.25, 0.3) is 11.1 Å². The lowest BCUT2D eigenvalue weighted by atomic mass is 9.89. The molecule has 2 aromatic rings. The van der Waals surface area contributed by atoms with Crippen molar-refractivity contribution in [2.45, 2.75) is 18.8 Å². The topological polar surface area (TPSA) is 23.8 Å². The van der Waals surface area contributed by atoms with E-state index >= 15 is 0 Å². The van der Waals surface area contributed by atoms with Crippen LogP contribution in [-0.2, 0) is 18.8 Å². The van der Waals surface area contributed by atoms with Gasteiger partial charge >= 0.3 is 12.4 Å². The standard InChI is InChI=1S/C16H9F6N/c17-15(18,19)12-6-2-1-5-11(12)14-10(8-9-23)4-3-7-13(14)16(20,21)22/h1-7H,8H2. The first-order valence-electron chi connectivity index (χ1n) is 6.39. The van der Waals surface area contributed by atoms with Crippen molar-refractivity contribution in [2.75, 3.05) is 0 Å². The van der Waals surface area contributed by atoms with Crippen LogP contribution in [0.4, 0.5) is 26.3 Å². The highest BCUT2D eigenvalue weighted by Gasteiger charge is 2.38. The van der Waals surface area contributed by atoms with Crippen molar-refractivity contribution in [1.82, 2.24) is 0 Å². The summed E-state index contributed by atoms with van der Waals surface area (Å²) in [6, 6.07) is 8.73. The SMILES string of the molecule is N#CCc1cccc(C(F)(F)F)c1-c1ccccc1C(F)(F)F. The fourth-order valence-electron chi connectivity index (χ4n) is 2.34. The highest BCUT2D eigenvalue weighted by molar-refractivity contribution is 5.75. The van der Waals surface area contributed by atoms with Crippen molar-refractivity contribution in [3.63, 3.8) is 0 Å². The second-order valence-electron chi connectivity index (χ2n) is 4.72. The van der Waals surface area contributed by atoms with Gasteiger partial charge in [-0.25, -0.2) is 0 Å². The smallest absolute Gasteiger partial charge is 0.198 e. The van der Waals surface area contributed by atoms with Crippen molar-refractivity contribution in [2.24, 2.45) is 0 Å². The summed E-state index contributed by atoms with van der Waals surface area (Å²) in [7, 11) is 0. The molecule has 0 aliphatic carbocycles. The van der Waals surface area contributed by atoms with E-state index in [9.17, 15) is 26.3 Å². The van der Waals surface area contributed by atoms with Gasteiger partial charge in [-0.3, -0.25) is 0 Å². The van der Waals surface area contributed by atoms with Crippen LogP contribution >= 0.6 is 0 Å². The van der Waals surface area contributed by atoms with Crippen molar-refractivity contribution in [1.29, 1.82) is 5.26 Å². The molecular weight excluding hydrogens is 320 g/mol. The monoisotopic (exact) mass is 329 g/mol.